The molecule has 0 amide bonds. The summed E-state index contributed by atoms with van der Waals surface area (Å²) in [4.78, 5) is 0. The Balaban J connectivity index is 0.00000242. The minimum atomic E-state index is -0.704. The van der Waals surface area contributed by atoms with Gasteiger partial charge in [-0.2, -0.15) is 0 Å². The molecule has 0 radical (unpaired) electrons. The van der Waals surface area contributed by atoms with Crippen molar-refractivity contribution in [2.45, 2.75) is 12.1 Å². The van der Waals surface area contributed by atoms with Gasteiger partial charge in [-0.3, -0.25) is 0 Å². The van der Waals surface area contributed by atoms with E-state index in [1.54, 1.807) is 7.11 Å². The molecule has 120 valence electrons. The van der Waals surface area contributed by atoms with Crippen molar-refractivity contribution < 1.29 is 14.9 Å². The van der Waals surface area contributed by atoms with Crippen molar-refractivity contribution in [2.24, 2.45) is 0 Å². The van der Waals surface area contributed by atoms with E-state index in [1.807, 2.05) is 54.6 Å². The lowest BCUT2D eigenvalue weighted by Gasteiger charge is -2.25. The predicted molar refractivity (Wildman–Crippen MR) is 89.5 cm³/mol. The molecule has 5 heteroatoms. The molecule has 2 atom stereocenters. The van der Waals surface area contributed by atoms with E-state index in [2.05, 4.69) is 5.32 Å². The minimum absolute atomic E-state index is 0. The van der Waals surface area contributed by atoms with Crippen LogP contribution in [-0.4, -0.2) is 30.5 Å². The van der Waals surface area contributed by atoms with Gasteiger partial charge in [-0.15, -0.1) is 12.4 Å². The van der Waals surface area contributed by atoms with E-state index in [4.69, 9.17) is 9.84 Å². The first kappa shape index (κ1) is 18.5. The van der Waals surface area contributed by atoms with E-state index in [9.17, 15) is 5.11 Å². The van der Waals surface area contributed by atoms with Crippen LogP contribution in [0.25, 0.3) is 0 Å². The normalized spacial score (nSPS) is 13.0. The highest BCUT2D eigenvalue weighted by Crippen LogP contribution is 2.29. The SMILES string of the molecule is COc1ccc(C(O)C(NCCO)c2ccccc2)cc1.Cl. The van der Waals surface area contributed by atoms with Gasteiger partial charge >= 0.3 is 0 Å². The van der Waals surface area contributed by atoms with E-state index < -0.39 is 6.10 Å². The van der Waals surface area contributed by atoms with Crippen LogP contribution in [-0.2, 0) is 0 Å². The lowest BCUT2D eigenvalue weighted by atomic mass is 9.95. The van der Waals surface area contributed by atoms with Gasteiger partial charge in [-0.25, -0.2) is 0 Å². The van der Waals surface area contributed by atoms with Crippen LogP contribution >= 0.6 is 12.4 Å². The highest BCUT2D eigenvalue weighted by molar-refractivity contribution is 5.85. The van der Waals surface area contributed by atoms with E-state index >= 15 is 0 Å². The molecule has 0 aliphatic rings. The van der Waals surface area contributed by atoms with Gasteiger partial charge in [0.15, 0.2) is 0 Å². The maximum Gasteiger partial charge on any atom is 0.118 e. The van der Waals surface area contributed by atoms with Crippen LogP contribution in [0.4, 0.5) is 0 Å². The number of nitrogens with one attached hydrogen (secondary N) is 1. The van der Waals surface area contributed by atoms with Crippen LogP contribution in [0.5, 0.6) is 5.75 Å². The van der Waals surface area contributed by atoms with E-state index in [0.29, 0.717) is 6.54 Å². The lowest BCUT2D eigenvalue weighted by molar-refractivity contribution is 0.124. The Morgan fingerprint density at radius 3 is 2.18 bits per heavy atom. The number of hydrogen-bond donors (Lipinski definition) is 3. The first-order chi connectivity index (χ1) is 10.3. The monoisotopic (exact) mass is 323 g/mol. The third kappa shape index (κ3) is 4.71. The number of hydrogen-bond acceptors (Lipinski definition) is 4. The smallest absolute Gasteiger partial charge is 0.118 e. The summed E-state index contributed by atoms with van der Waals surface area (Å²) in [6.07, 6.45) is -0.704. The summed E-state index contributed by atoms with van der Waals surface area (Å²) in [7, 11) is 1.61. The van der Waals surface area contributed by atoms with Crippen molar-refractivity contribution in [3.63, 3.8) is 0 Å². The predicted octanol–water partition coefficient (Wildman–Crippen LogP) is 2.47. The molecule has 4 nitrogen and oxygen atoms in total. The average molecular weight is 324 g/mol. The summed E-state index contributed by atoms with van der Waals surface area (Å²) >= 11 is 0. The first-order valence-electron chi connectivity index (χ1n) is 6.97. The highest BCUT2D eigenvalue weighted by atomic mass is 35.5. The van der Waals surface area contributed by atoms with E-state index in [-0.39, 0.29) is 25.1 Å². The summed E-state index contributed by atoms with van der Waals surface area (Å²) in [6, 6.07) is 16.8. The molecule has 2 aromatic rings. The Morgan fingerprint density at radius 2 is 1.64 bits per heavy atom. The number of rotatable bonds is 7. The number of aliphatic hydroxyl groups is 2. The Kier molecular flexibility index (Phi) is 7.91. The van der Waals surface area contributed by atoms with E-state index in [1.165, 1.54) is 0 Å². The molecule has 0 aliphatic carbocycles. The number of methoxy groups -OCH3 is 1. The zero-order chi connectivity index (χ0) is 15.1. The van der Waals surface area contributed by atoms with Gasteiger partial charge < -0.3 is 20.3 Å². The Labute approximate surface area is 137 Å². The molecule has 0 aromatic heterocycles. The Morgan fingerprint density at radius 1 is 1.00 bits per heavy atom. The Hall–Kier alpha value is -1.59. The number of ether oxygens (including phenoxy) is 1. The lowest BCUT2D eigenvalue weighted by Crippen LogP contribution is -2.29. The van der Waals surface area contributed by atoms with Gasteiger partial charge in [-0.05, 0) is 23.3 Å². The molecule has 0 heterocycles. The maximum atomic E-state index is 10.6. The topological polar surface area (TPSA) is 61.7 Å². The zero-order valence-corrected chi connectivity index (χ0v) is 13.3. The average Bonchev–Trinajstić information content (AvgIpc) is 2.56. The second-order valence-electron chi connectivity index (χ2n) is 4.78. The van der Waals surface area contributed by atoms with Crippen LogP contribution in [0.1, 0.15) is 23.3 Å². The molecule has 0 bridgehead atoms. The summed E-state index contributed by atoms with van der Waals surface area (Å²) in [5.41, 5.74) is 1.78. The van der Waals surface area contributed by atoms with Crippen molar-refractivity contribution in [1.82, 2.24) is 5.32 Å². The van der Waals surface area contributed by atoms with Gasteiger partial charge in [0.25, 0.3) is 0 Å². The fraction of sp³-hybridized carbons (Fsp3) is 0.294. The van der Waals surface area contributed by atoms with Gasteiger partial charge in [0, 0.05) is 6.54 Å². The first-order valence-corrected chi connectivity index (χ1v) is 6.97. The fourth-order valence-corrected chi connectivity index (χ4v) is 2.29. The van der Waals surface area contributed by atoms with Crippen LogP contribution in [0.3, 0.4) is 0 Å². The van der Waals surface area contributed by atoms with Crippen LogP contribution in [0.2, 0.25) is 0 Å². The minimum Gasteiger partial charge on any atom is -0.497 e. The van der Waals surface area contributed by atoms with Crippen molar-refractivity contribution in [3.8, 4) is 5.75 Å². The third-order valence-electron chi connectivity index (χ3n) is 3.41. The molecule has 0 saturated heterocycles. The van der Waals surface area contributed by atoms with Gasteiger partial charge in [-0.1, -0.05) is 42.5 Å². The third-order valence-corrected chi connectivity index (χ3v) is 3.41. The molecule has 3 N–H and O–H groups in total. The summed E-state index contributed by atoms with van der Waals surface area (Å²) in [5, 5.41) is 22.8. The van der Waals surface area contributed by atoms with Crippen molar-refractivity contribution >= 4 is 12.4 Å². The highest BCUT2D eigenvalue weighted by Gasteiger charge is 2.22. The number of benzene rings is 2. The van der Waals surface area contributed by atoms with Crippen LogP contribution < -0.4 is 10.1 Å². The quantitative estimate of drug-likeness (QED) is 0.732. The molecular weight excluding hydrogens is 302 g/mol. The van der Waals surface area contributed by atoms with Gasteiger partial charge in [0.1, 0.15) is 5.75 Å². The molecule has 2 aromatic carbocycles. The molecule has 2 rings (SSSR count). The molecular formula is C17H22ClNO3. The second-order valence-corrected chi connectivity index (χ2v) is 4.78. The standard InChI is InChI=1S/C17H21NO3.ClH/c1-21-15-9-7-14(8-10-15)17(20)16(18-11-12-19)13-5-3-2-4-6-13;/h2-10,16-20H,11-12H2,1H3;1H. The molecule has 22 heavy (non-hydrogen) atoms. The summed E-state index contributed by atoms with van der Waals surface area (Å²) in [6.45, 7) is 0.450. The largest absolute Gasteiger partial charge is 0.497 e. The van der Waals surface area contributed by atoms with Gasteiger partial charge in [0.2, 0.25) is 0 Å². The van der Waals surface area contributed by atoms with Crippen molar-refractivity contribution in [2.75, 3.05) is 20.3 Å². The molecule has 0 aliphatic heterocycles. The van der Waals surface area contributed by atoms with E-state index in [0.717, 1.165) is 16.9 Å². The molecule has 0 fully saturated rings. The van der Waals surface area contributed by atoms with Crippen molar-refractivity contribution in [3.05, 3.63) is 65.7 Å². The molecule has 0 saturated carbocycles. The molecule has 2 unspecified atom stereocenters. The van der Waals surface area contributed by atoms with Crippen LogP contribution in [0, 0.1) is 0 Å². The zero-order valence-electron chi connectivity index (χ0n) is 12.5. The molecule has 0 spiro atoms. The Bertz CT molecular complexity index is 533. The number of halogens is 1. The maximum absolute atomic E-state index is 10.6. The second kappa shape index (κ2) is 9.43. The van der Waals surface area contributed by atoms with Gasteiger partial charge in [0.05, 0.1) is 25.9 Å². The number of aliphatic hydroxyl groups excluding tert-OH is 2. The fourth-order valence-electron chi connectivity index (χ4n) is 2.29. The van der Waals surface area contributed by atoms with Crippen molar-refractivity contribution in [1.29, 1.82) is 0 Å². The van der Waals surface area contributed by atoms with Crippen LogP contribution in [0.15, 0.2) is 54.6 Å². The summed E-state index contributed by atoms with van der Waals surface area (Å²) in [5.74, 6) is 0.755. The summed E-state index contributed by atoms with van der Waals surface area (Å²) < 4.78 is 5.13.